The van der Waals surface area contributed by atoms with Crippen LogP contribution in [-0.4, -0.2) is 32.4 Å². The number of sulfonamides is 1. The van der Waals surface area contributed by atoms with Crippen molar-refractivity contribution >= 4 is 10.0 Å². The Balaban J connectivity index is 2.38. The molecule has 0 amide bonds. The first kappa shape index (κ1) is 16.4. The minimum Gasteiger partial charge on any atom is -0.316 e. The first-order valence-electron chi connectivity index (χ1n) is 7.45. The Labute approximate surface area is 126 Å². The van der Waals surface area contributed by atoms with Gasteiger partial charge in [0.2, 0.25) is 10.0 Å². The van der Waals surface area contributed by atoms with E-state index in [-0.39, 0.29) is 10.9 Å². The third-order valence-electron chi connectivity index (χ3n) is 3.67. The highest BCUT2D eigenvalue weighted by atomic mass is 32.2. The van der Waals surface area contributed by atoms with Gasteiger partial charge in [-0.3, -0.25) is 0 Å². The molecule has 1 aliphatic rings. The number of unbranched alkanes of at least 4 members (excludes halogenated alkanes) is 1. The van der Waals surface area contributed by atoms with Crippen molar-refractivity contribution in [1.29, 1.82) is 0 Å². The van der Waals surface area contributed by atoms with E-state index in [1.54, 1.807) is 17.4 Å². The number of halogens is 1. The first-order chi connectivity index (χ1) is 10.0. The summed E-state index contributed by atoms with van der Waals surface area (Å²) in [6, 6.07) is 4.08. The summed E-state index contributed by atoms with van der Waals surface area (Å²) in [4.78, 5) is 0.0971. The fourth-order valence-corrected chi connectivity index (χ4v) is 4.37. The second kappa shape index (κ2) is 6.85. The summed E-state index contributed by atoms with van der Waals surface area (Å²) >= 11 is 0. The number of nitrogens with zero attached hydrogens (tertiary/aromatic N) is 1. The van der Waals surface area contributed by atoms with Crippen molar-refractivity contribution in [1.82, 2.24) is 9.62 Å². The highest BCUT2D eigenvalue weighted by Crippen LogP contribution is 2.33. The van der Waals surface area contributed by atoms with Gasteiger partial charge in [0.15, 0.2) is 0 Å². The number of rotatable bonds is 8. The molecule has 6 heteroatoms. The molecule has 1 fully saturated rings. The van der Waals surface area contributed by atoms with Gasteiger partial charge in [-0.15, -0.1) is 0 Å². The van der Waals surface area contributed by atoms with Gasteiger partial charge in [0, 0.05) is 19.1 Å². The minimum atomic E-state index is -3.63. The second-order valence-electron chi connectivity index (χ2n) is 5.48. The molecule has 1 aliphatic carbocycles. The van der Waals surface area contributed by atoms with Gasteiger partial charge in [-0.2, -0.15) is 4.31 Å². The zero-order chi connectivity index (χ0) is 15.5. The Kier molecular flexibility index (Phi) is 5.35. The lowest BCUT2D eigenvalue weighted by molar-refractivity contribution is 0.395. The summed E-state index contributed by atoms with van der Waals surface area (Å²) in [6.07, 6.45) is 3.57. The molecule has 2 rings (SSSR count). The lowest BCUT2D eigenvalue weighted by Gasteiger charge is -2.23. The predicted octanol–water partition coefficient (Wildman–Crippen LogP) is 2.50. The van der Waals surface area contributed by atoms with E-state index >= 15 is 0 Å². The molecule has 0 radical (unpaired) electrons. The van der Waals surface area contributed by atoms with E-state index in [1.807, 2.05) is 6.92 Å². The highest BCUT2D eigenvalue weighted by Gasteiger charge is 2.38. The maximum absolute atomic E-state index is 13.5. The average molecular weight is 314 g/mol. The van der Waals surface area contributed by atoms with Gasteiger partial charge >= 0.3 is 0 Å². The van der Waals surface area contributed by atoms with Crippen LogP contribution in [0.4, 0.5) is 4.39 Å². The Morgan fingerprint density at radius 3 is 2.67 bits per heavy atom. The molecule has 0 spiro atoms. The SMILES string of the molecule is CCCCN(C1CC1)S(=O)(=O)c1cc(F)ccc1CNC. The van der Waals surface area contributed by atoms with Gasteiger partial charge in [0.1, 0.15) is 5.82 Å². The maximum Gasteiger partial charge on any atom is 0.243 e. The second-order valence-corrected chi connectivity index (χ2v) is 7.34. The summed E-state index contributed by atoms with van der Waals surface area (Å²) in [5, 5.41) is 2.94. The van der Waals surface area contributed by atoms with E-state index in [4.69, 9.17) is 0 Å². The molecule has 0 aromatic heterocycles. The van der Waals surface area contributed by atoms with E-state index in [0.29, 0.717) is 18.7 Å². The van der Waals surface area contributed by atoms with E-state index in [0.717, 1.165) is 31.7 Å². The molecule has 0 heterocycles. The van der Waals surface area contributed by atoms with Crippen molar-refractivity contribution in [2.75, 3.05) is 13.6 Å². The van der Waals surface area contributed by atoms with Crippen LogP contribution in [0, 0.1) is 5.82 Å². The zero-order valence-corrected chi connectivity index (χ0v) is 13.4. The summed E-state index contributed by atoms with van der Waals surface area (Å²) in [6.45, 7) is 2.95. The highest BCUT2D eigenvalue weighted by molar-refractivity contribution is 7.89. The zero-order valence-electron chi connectivity index (χ0n) is 12.6. The largest absolute Gasteiger partial charge is 0.316 e. The molecule has 0 unspecified atom stereocenters. The summed E-state index contributed by atoms with van der Waals surface area (Å²) in [5.74, 6) is -0.514. The molecule has 0 aliphatic heterocycles. The van der Waals surface area contributed by atoms with Crippen LogP contribution in [0.1, 0.15) is 38.2 Å². The van der Waals surface area contributed by atoms with Gasteiger partial charge < -0.3 is 5.32 Å². The van der Waals surface area contributed by atoms with Crippen molar-refractivity contribution in [2.24, 2.45) is 0 Å². The summed E-state index contributed by atoms with van der Waals surface area (Å²) < 4.78 is 40.9. The quantitative estimate of drug-likeness (QED) is 0.802. The summed E-state index contributed by atoms with van der Waals surface area (Å²) in [5.41, 5.74) is 0.612. The predicted molar refractivity (Wildman–Crippen MR) is 81.0 cm³/mol. The molecular formula is C15H23FN2O2S. The molecule has 1 aromatic carbocycles. The lowest BCUT2D eigenvalue weighted by atomic mass is 10.2. The topological polar surface area (TPSA) is 49.4 Å². The monoisotopic (exact) mass is 314 g/mol. The fourth-order valence-electron chi connectivity index (χ4n) is 2.41. The molecule has 118 valence electrons. The molecule has 1 N–H and O–H groups in total. The van der Waals surface area contributed by atoms with Crippen molar-refractivity contribution in [2.45, 2.75) is 50.1 Å². The van der Waals surface area contributed by atoms with Gasteiger partial charge in [0.05, 0.1) is 4.90 Å². The Hall–Kier alpha value is -0.980. The molecule has 1 saturated carbocycles. The maximum atomic E-state index is 13.5. The molecule has 0 bridgehead atoms. The average Bonchev–Trinajstić information content (AvgIpc) is 3.26. The van der Waals surface area contributed by atoms with E-state index in [9.17, 15) is 12.8 Å². The van der Waals surface area contributed by atoms with Crippen LogP contribution in [0.2, 0.25) is 0 Å². The normalized spacial score (nSPS) is 15.6. The molecule has 4 nitrogen and oxygen atoms in total. The standard InChI is InChI=1S/C15H23FN2O2S/c1-3-4-9-18(14-7-8-14)21(19,20)15-10-13(16)6-5-12(15)11-17-2/h5-6,10,14,17H,3-4,7-9,11H2,1-2H3. The molecule has 1 aromatic rings. The van der Waals surface area contributed by atoms with Crippen molar-refractivity contribution in [3.63, 3.8) is 0 Å². The lowest BCUT2D eigenvalue weighted by Crippen LogP contribution is -2.35. The van der Waals surface area contributed by atoms with Crippen molar-refractivity contribution < 1.29 is 12.8 Å². The van der Waals surface area contributed by atoms with Crippen molar-refractivity contribution in [3.8, 4) is 0 Å². The molecular weight excluding hydrogens is 291 g/mol. The van der Waals surface area contributed by atoms with Crippen LogP contribution in [0.25, 0.3) is 0 Å². The third-order valence-corrected chi connectivity index (χ3v) is 5.70. The molecule has 0 atom stereocenters. The van der Waals surface area contributed by atoms with Crippen LogP contribution >= 0.6 is 0 Å². The van der Waals surface area contributed by atoms with Crippen LogP contribution in [0.3, 0.4) is 0 Å². The Bertz CT molecular complexity index is 585. The Morgan fingerprint density at radius 2 is 2.10 bits per heavy atom. The van der Waals surface area contributed by atoms with Gasteiger partial charge in [0.25, 0.3) is 0 Å². The van der Waals surface area contributed by atoms with E-state index < -0.39 is 15.8 Å². The van der Waals surface area contributed by atoms with Crippen LogP contribution < -0.4 is 5.32 Å². The summed E-state index contributed by atoms with van der Waals surface area (Å²) in [7, 11) is -1.89. The van der Waals surface area contributed by atoms with E-state index in [2.05, 4.69) is 5.32 Å². The minimum absolute atomic E-state index is 0.0900. The number of hydrogen-bond donors (Lipinski definition) is 1. The molecule has 0 saturated heterocycles. The van der Waals surface area contributed by atoms with Gasteiger partial charge in [-0.1, -0.05) is 19.4 Å². The fraction of sp³-hybridized carbons (Fsp3) is 0.600. The number of nitrogens with one attached hydrogen (secondary N) is 1. The van der Waals surface area contributed by atoms with Gasteiger partial charge in [-0.05, 0) is 44.0 Å². The van der Waals surface area contributed by atoms with Crippen LogP contribution in [0.15, 0.2) is 23.1 Å². The smallest absolute Gasteiger partial charge is 0.243 e. The first-order valence-corrected chi connectivity index (χ1v) is 8.89. The number of hydrogen-bond acceptors (Lipinski definition) is 3. The molecule has 21 heavy (non-hydrogen) atoms. The third kappa shape index (κ3) is 3.81. The van der Waals surface area contributed by atoms with Crippen LogP contribution in [0.5, 0.6) is 0 Å². The number of benzene rings is 1. The van der Waals surface area contributed by atoms with Gasteiger partial charge in [-0.25, -0.2) is 12.8 Å². The Morgan fingerprint density at radius 1 is 1.38 bits per heavy atom. The van der Waals surface area contributed by atoms with Crippen molar-refractivity contribution in [3.05, 3.63) is 29.6 Å². The van der Waals surface area contributed by atoms with Crippen LogP contribution in [-0.2, 0) is 16.6 Å². The van der Waals surface area contributed by atoms with E-state index in [1.165, 1.54) is 6.07 Å².